The van der Waals surface area contributed by atoms with E-state index in [0.717, 1.165) is 22.3 Å². The van der Waals surface area contributed by atoms with Crippen molar-refractivity contribution in [1.29, 1.82) is 0 Å². The van der Waals surface area contributed by atoms with E-state index >= 15 is 0 Å². The Labute approximate surface area is 287 Å². The molecule has 0 atom stereocenters. The Hall–Kier alpha value is -5.79. The molecule has 0 aliphatic rings. The van der Waals surface area contributed by atoms with E-state index < -0.39 is 9.84 Å². The smallest absolute Gasteiger partial charge is 0.203 e. The molecule has 0 saturated heterocycles. The lowest BCUT2D eigenvalue weighted by molar-refractivity contribution is 0.256. The summed E-state index contributed by atoms with van der Waals surface area (Å²) in [5.74, 6) is 1.71. The summed E-state index contributed by atoms with van der Waals surface area (Å²) in [5.41, 5.74) is 4.53. The van der Waals surface area contributed by atoms with Crippen LogP contribution in [0.1, 0.15) is 27.8 Å². The SMILES string of the molecule is O=S(=O)(/C=C/c1ccc(OCc2ccccc2)c(OCc2ccccc2)c1)c1cc(OCc2ccccc2)ccc1OCc1ccccc1. The fourth-order valence-electron chi connectivity index (χ4n) is 4.97. The van der Waals surface area contributed by atoms with Crippen LogP contribution in [0.2, 0.25) is 0 Å². The first-order valence-corrected chi connectivity index (χ1v) is 17.4. The predicted octanol–water partition coefficient (Wildman–Crippen LogP) is 9.45. The molecule has 0 N–H and O–H groups in total. The molecule has 49 heavy (non-hydrogen) atoms. The molecule has 7 heteroatoms. The Morgan fingerprint density at radius 1 is 0.429 bits per heavy atom. The number of benzene rings is 6. The van der Waals surface area contributed by atoms with Crippen LogP contribution in [0.25, 0.3) is 6.08 Å². The maximum atomic E-state index is 13.9. The van der Waals surface area contributed by atoms with Crippen LogP contribution in [0.5, 0.6) is 23.0 Å². The van der Waals surface area contributed by atoms with Gasteiger partial charge >= 0.3 is 0 Å². The number of ether oxygens (including phenoxy) is 4. The minimum Gasteiger partial charge on any atom is -0.489 e. The van der Waals surface area contributed by atoms with Crippen molar-refractivity contribution in [1.82, 2.24) is 0 Å². The third-order valence-electron chi connectivity index (χ3n) is 7.59. The van der Waals surface area contributed by atoms with Gasteiger partial charge in [-0.1, -0.05) is 127 Å². The molecular weight excluding hydrogens is 633 g/mol. The Bertz CT molecular complexity index is 2060. The fourth-order valence-corrected chi connectivity index (χ4v) is 6.14. The third-order valence-corrected chi connectivity index (χ3v) is 9.02. The molecule has 0 saturated carbocycles. The Morgan fingerprint density at radius 2 is 0.857 bits per heavy atom. The van der Waals surface area contributed by atoms with E-state index in [1.807, 2.05) is 121 Å². The van der Waals surface area contributed by atoms with Gasteiger partial charge in [0.05, 0.1) is 0 Å². The molecule has 246 valence electrons. The lowest BCUT2D eigenvalue weighted by atomic mass is 10.2. The molecule has 0 unspecified atom stereocenters. The summed E-state index contributed by atoms with van der Waals surface area (Å²) >= 11 is 0. The molecule has 0 heterocycles. The van der Waals surface area contributed by atoms with Gasteiger partial charge in [-0.2, -0.15) is 0 Å². The van der Waals surface area contributed by atoms with Gasteiger partial charge in [-0.15, -0.1) is 0 Å². The highest BCUT2D eigenvalue weighted by atomic mass is 32.2. The predicted molar refractivity (Wildman–Crippen MR) is 192 cm³/mol. The zero-order valence-corrected chi connectivity index (χ0v) is 27.7. The molecule has 0 aliphatic carbocycles. The van der Waals surface area contributed by atoms with E-state index in [1.54, 1.807) is 36.4 Å². The summed E-state index contributed by atoms with van der Waals surface area (Å²) in [6.07, 6.45) is 1.55. The topological polar surface area (TPSA) is 71.1 Å². The van der Waals surface area contributed by atoms with Crippen LogP contribution in [0.15, 0.2) is 168 Å². The van der Waals surface area contributed by atoms with E-state index in [-0.39, 0.29) is 17.3 Å². The molecule has 6 nitrogen and oxygen atoms in total. The van der Waals surface area contributed by atoms with Crippen molar-refractivity contribution >= 4 is 15.9 Å². The monoisotopic (exact) mass is 668 g/mol. The molecule has 0 radical (unpaired) electrons. The van der Waals surface area contributed by atoms with Crippen molar-refractivity contribution in [3.05, 3.63) is 191 Å². The number of sulfone groups is 1. The average molecular weight is 669 g/mol. The molecule has 0 amide bonds. The standard InChI is InChI=1S/C42H36O6S/c43-49(44,42-28-38(45-29-34-13-5-1-6-14-34)22-24-40(42)47-31-36-17-9-3-10-18-36)26-25-33-21-23-39(46-30-35-15-7-2-8-16-35)41(27-33)48-32-37-19-11-4-12-20-37/h1-28H,29-32H2/b26-25+. The van der Waals surface area contributed by atoms with Gasteiger partial charge in [0.25, 0.3) is 0 Å². The first-order chi connectivity index (χ1) is 24.0. The van der Waals surface area contributed by atoms with E-state index in [4.69, 9.17) is 18.9 Å². The van der Waals surface area contributed by atoms with E-state index in [9.17, 15) is 8.42 Å². The summed E-state index contributed by atoms with van der Waals surface area (Å²) in [5, 5.41) is 1.18. The summed E-state index contributed by atoms with van der Waals surface area (Å²) in [6, 6.07) is 49.2. The molecular formula is C42H36O6S. The molecule has 0 aliphatic heterocycles. The van der Waals surface area contributed by atoms with Gasteiger partial charge in [-0.05, 0) is 58.2 Å². The lowest BCUT2D eigenvalue weighted by Crippen LogP contribution is -2.04. The second-order valence-corrected chi connectivity index (χ2v) is 13.1. The van der Waals surface area contributed by atoms with Crippen molar-refractivity contribution in [2.24, 2.45) is 0 Å². The summed E-state index contributed by atoms with van der Waals surface area (Å²) < 4.78 is 52.2. The van der Waals surface area contributed by atoms with E-state index in [1.165, 1.54) is 11.5 Å². The summed E-state index contributed by atoms with van der Waals surface area (Å²) in [6.45, 7) is 1.20. The zero-order chi connectivity index (χ0) is 33.7. The molecule has 6 aromatic carbocycles. The maximum Gasteiger partial charge on any atom is 0.203 e. The molecule has 0 bridgehead atoms. The quantitative estimate of drug-likeness (QED) is 0.109. The van der Waals surface area contributed by atoms with E-state index in [2.05, 4.69) is 0 Å². The van der Waals surface area contributed by atoms with Crippen LogP contribution in [0.4, 0.5) is 0 Å². The molecule has 6 aromatic rings. The molecule has 0 fully saturated rings. The Morgan fingerprint density at radius 3 is 1.37 bits per heavy atom. The van der Waals surface area contributed by atoms with Crippen LogP contribution < -0.4 is 18.9 Å². The van der Waals surface area contributed by atoms with Crippen molar-refractivity contribution in [2.75, 3.05) is 0 Å². The van der Waals surface area contributed by atoms with Gasteiger partial charge < -0.3 is 18.9 Å². The Balaban J connectivity index is 1.26. The van der Waals surface area contributed by atoms with Gasteiger partial charge in [0, 0.05) is 11.5 Å². The van der Waals surface area contributed by atoms with Crippen LogP contribution in [0, 0.1) is 0 Å². The number of hydrogen-bond acceptors (Lipinski definition) is 6. The zero-order valence-electron chi connectivity index (χ0n) is 26.9. The van der Waals surface area contributed by atoms with Crippen LogP contribution in [-0.4, -0.2) is 8.42 Å². The first-order valence-electron chi connectivity index (χ1n) is 15.9. The van der Waals surface area contributed by atoms with Crippen molar-refractivity contribution < 1.29 is 27.4 Å². The largest absolute Gasteiger partial charge is 0.489 e. The maximum absolute atomic E-state index is 13.9. The van der Waals surface area contributed by atoms with Crippen molar-refractivity contribution in [3.8, 4) is 23.0 Å². The highest BCUT2D eigenvalue weighted by Gasteiger charge is 2.19. The number of hydrogen-bond donors (Lipinski definition) is 0. The van der Waals surface area contributed by atoms with E-state index in [0.29, 0.717) is 42.6 Å². The highest BCUT2D eigenvalue weighted by Crippen LogP contribution is 2.33. The van der Waals surface area contributed by atoms with Crippen LogP contribution in [0.3, 0.4) is 0 Å². The fraction of sp³-hybridized carbons (Fsp3) is 0.0952. The minimum absolute atomic E-state index is 0.00797. The molecule has 0 aromatic heterocycles. The van der Waals surface area contributed by atoms with Crippen LogP contribution in [-0.2, 0) is 36.3 Å². The second-order valence-electron chi connectivity index (χ2n) is 11.3. The summed E-state index contributed by atoms with van der Waals surface area (Å²) in [7, 11) is -3.98. The van der Waals surface area contributed by atoms with Crippen molar-refractivity contribution in [3.63, 3.8) is 0 Å². The first kappa shape index (κ1) is 33.1. The average Bonchev–Trinajstić information content (AvgIpc) is 3.16. The van der Waals surface area contributed by atoms with Crippen molar-refractivity contribution in [2.45, 2.75) is 31.3 Å². The number of rotatable bonds is 15. The second kappa shape index (κ2) is 16.4. The molecule has 0 spiro atoms. The van der Waals surface area contributed by atoms with Gasteiger partial charge in [0.15, 0.2) is 11.5 Å². The van der Waals surface area contributed by atoms with Gasteiger partial charge in [0.2, 0.25) is 9.84 Å². The minimum atomic E-state index is -3.98. The third kappa shape index (κ3) is 9.62. The van der Waals surface area contributed by atoms with Gasteiger partial charge in [0.1, 0.15) is 42.8 Å². The molecule has 6 rings (SSSR count). The lowest BCUT2D eigenvalue weighted by Gasteiger charge is -2.14. The summed E-state index contributed by atoms with van der Waals surface area (Å²) in [4.78, 5) is 0.00797. The van der Waals surface area contributed by atoms with Gasteiger partial charge in [-0.3, -0.25) is 0 Å². The Kier molecular flexibility index (Phi) is 11.1. The van der Waals surface area contributed by atoms with Gasteiger partial charge in [-0.25, -0.2) is 8.42 Å². The normalized spacial score (nSPS) is 11.3. The highest BCUT2D eigenvalue weighted by molar-refractivity contribution is 7.94. The van der Waals surface area contributed by atoms with Crippen LogP contribution >= 0.6 is 0 Å².